The van der Waals surface area contributed by atoms with Crippen LogP contribution in [0.25, 0.3) is 0 Å². The molecule has 0 saturated carbocycles. The highest BCUT2D eigenvalue weighted by molar-refractivity contribution is 7.99. The molecule has 1 unspecified atom stereocenters. The molecule has 21 heavy (non-hydrogen) atoms. The largest absolute Gasteiger partial charge is 0.355 e. The maximum Gasteiger partial charge on any atom is 0.355 e. The van der Waals surface area contributed by atoms with Gasteiger partial charge in [-0.05, 0) is 24.3 Å². The second-order valence-corrected chi connectivity index (χ2v) is 8.90. The summed E-state index contributed by atoms with van der Waals surface area (Å²) in [6.45, 7) is 3.68. The third kappa shape index (κ3) is 6.10. The van der Waals surface area contributed by atoms with Crippen molar-refractivity contribution in [2.75, 3.05) is 19.2 Å². The topological polar surface area (TPSA) is 89.9 Å². The maximum absolute atomic E-state index is 12.1. The van der Waals surface area contributed by atoms with Crippen molar-refractivity contribution in [1.29, 1.82) is 0 Å². The van der Waals surface area contributed by atoms with Gasteiger partial charge in [-0.25, -0.2) is 0 Å². The van der Waals surface area contributed by atoms with E-state index in [4.69, 9.17) is 4.52 Å². The number of rotatable bonds is 8. The molecule has 0 bridgehead atoms. The fourth-order valence-corrected chi connectivity index (χ4v) is 4.75. The zero-order valence-electron chi connectivity index (χ0n) is 12.1. The third-order valence-corrected chi connectivity index (χ3v) is 5.75. The number of hydrogen-bond acceptors (Lipinski definition) is 6. The van der Waals surface area contributed by atoms with Crippen LogP contribution >= 0.6 is 19.4 Å². The molecule has 1 aromatic carbocycles. The average molecular weight is 354 g/mol. The molecule has 1 N–H and O–H groups in total. The van der Waals surface area contributed by atoms with Gasteiger partial charge in [-0.3, -0.25) is 8.75 Å². The lowest BCUT2D eigenvalue weighted by atomic mass is 10.2. The minimum atomic E-state index is -4.11. The van der Waals surface area contributed by atoms with Gasteiger partial charge in [-0.2, -0.15) is 8.42 Å². The summed E-state index contributed by atoms with van der Waals surface area (Å²) in [6, 6.07) is 6.28. The Hall–Kier alpha value is -0.370. The van der Waals surface area contributed by atoms with Crippen molar-refractivity contribution in [3.8, 4) is 0 Å². The smallest absolute Gasteiger partial charge is 0.323 e. The number of benzene rings is 1. The maximum atomic E-state index is 12.1. The van der Waals surface area contributed by atoms with Gasteiger partial charge in [-0.1, -0.05) is 26.0 Å². The van der Waals surface area contributed by atoms with Crippen LogP contribution in [0.5, 0.6) is 0 Å². The van der Waals surface area contributed by atoms with Crippen molar-refractivity contribution in [2.45, 2.75) is 23.6 Å². The lowest BCUT2D eigenvalue weighted by molar-refractivity contribution is 0.209. The molecule has 0 amide bonds. The van der Waals surface area contributed by atoms with Crippen LogP contribution in [-0.4, -0.2) is 32.5 Å². The first-order valence-electron chi connectivity index (χ1n) is 6.17. The van der Waals surface area contributed by atoms with Crippen LogP contribution in [0.2, 0.25) is 0 Å². The van der Waals surface area contributed by atoms with E-state index in [1.807, 2.05) is 13.8 Å². The lowest BCUT2D eigenvalue weighted by Crippen LogP contribution is -2.11. The van der Waals surface area contributed by atoms with Crippen molar-refractivity contribution < 1.29 is 26.6 Å². The molecule has 1 aromatic rings. The minimum Gasteiger partial charge on any atom is -0.323 e. The molecule has 0 saturated heterocycles. The molecular formula is C12H19O6PS2. The molecule has 0 fully saturated rings. The molecule has 120 valence electrons. The second kappa shape index (κ2) is 7.76. The van der Waals surface area contributed by atoms with E-state index in [1.54, 1.807) is 24.5 Å². The molecular weight excluding hydrogens is 335 g/mol. The van der Waals surface area contributed by atoms with Crippen molar-refractivity contribution in [3.05, 3.63) is 24.3 Å². The highest BCUT2D eigenvalue weighted by atomic mass is 32.2. The Bertz CT molecular complexity index is 614. The van der Waals surface area contributed by atoms with Gasteiger partial charge in [0.1, 0.15) is 4.90 Å². The summed E-state index contributed by atoms with van der Waals surface area (Å²) in [5.41, 5.74) is 0. The predicted octanol–water partition coefficient (Wildman–Crippen LogP) is 2.93. The molecule has 0 aliphatic rings. The Morgan fingerprint density at radius 1 is 1.33 bits per heavy atom. The van der Waals surface area contributed by atoms with E-state index in [0.717, 1.165) is 0 Å². The summed E-state index contributed by atoms with van der Waals surface area (Å²) in [5, 5.41) is 0. The van der Waals surface area contributed by atoms with E-state index in [2.05, 4.69) is 4.18 Å². The van der Waals surface area contributed by atoms with E-state index >= 15 is 0 Å². The summed E-state index contributed by atoms with van der Waals surface area (Å²) in [4.78, 5) is 10.0. The Morgan fingerprint density at radius 2 is 1.95 bits per heavy atom. The van der Waals surface area contributed by atoms with E-state index < -0.39 is 24.1 Å². The van der Waals surface area contributed by atoms with Gasteiger partial charge < -0.3 is 9.42 Å². The third-order valence-electron chi connectivity index (χ3n) is 2.32. The SMILES string of the molecule is CSc1ccccc1S(=O)(=O)OCP(=O)(O)OCC(C)C. The molecule has 6 nitrogen and oxygen atoms in total. The highest BCUT2D eigenvalue weighted by Crippen LogP contribution is 2.43. The van der Waals surface area contributed by atoms with Gasteiger partial charge >= 0.3 is 7.60 Å². The van der Waals surface area contributed by atoms with Crippen molar-refractivity contribution in [1.82, 2.24) is 0 Å². The van der Waals surface area contributed by atoms with E-state index in [9.17, 15) is 17.9 Å². The molecule has 0 radical (unpaired) electrons. The molecule has 1 atom stereocenters. The zero-order chi connectivity index (χ0) is 16.1. The van der Waals surface area contributed by atoms with Crippen molar-refractivity contribution in [3.63, 3.8) is 0 Å². The zero-order valence-corrected chi connectivity index (χ0v) is 14.6. The highest BCUT2D eigenvalue weighted by Gasteiger charge is 2.27. The lowest BCUT2D eigenvalue weighted by Gasteiger charge is -2.14. The molecule has 0 aromatic heterocycles. The van der Waals surface area contributed by atoms with E-state index in [1.165, 1.54) is 17.8 Å². The fraction of sp³-hybridized carbons (Fsp3) is 0.500. The Morgan fingerprint density at radius 3 is 2.52 bits per heavy atom. The van der Waals surface area contributed by atoms with E-state index in [0.29, 0.717) is 4.90 Å². The van der Waals surface area contributed by atoms with Gasteiger partial charge in [0.25, 0.3) is 10.1 Å². The van der Waals surface area contributed by atoms with Crippen LogP contribution in [-0.2, 0) is 23.4 Å². The first-order chi connectivity index (χ1) is 9.68. The van der Waals surface area contributed by atoms with Gasteiger partial charge in [0.15, 0.2) is 6.35 Å². The number of hydrogen-bond donors (Lipinski definition) is 1. The molecule has 0 heterocycles. The summed E-state index contributed by atoms with van der Waals surface area (Å²) < 4.78 is 45.3. The van der Waals surface area contributed by atoms with Crippen LogP contribution in [0, 0.1) is 5.92 Å². The van der Waals surface area contributed by atoms with Crippen LogP contribution in [0.1, 0.15) is 13.8 Å². The summed E-state index contributed by atoms with van der Waals surface area (Å²) in [7, 11) is -8.20. The second-order valence-electron chi connectivity index (χ2n) is 4.68. The standard InChI is InChI=1S/C12H19O6PS2/c1-10(2)8-17-19(13,14)9-18-21(15,16)12-7-5-4-6-11(12)20-3/h4-7,10H,8-9H2,1-3H3,(H,13,14). The first kappa shape index (κ1) is 18.7. The van der Waals surface area contributed by atoms with Crippen LogP contribution < -0.4 is 0 Å². The van der Waals surface area contributed by atoms with Gasteiger partial charge in [0.2, 0.25) is 0 Å². The average Bonchev–Trinajstić information content (AvgIpc) is 2.43. The van der Waals surface area contributed by atoms with Crippen molar-refractivity contribution in [2.24, 2.45) is 5.92 Å². The Kier molecular flexibility index (Phi) is 6.90. The first-order valence-corrected chi connectivity index (χ1v) is 10.6. The predicted molar refractivity (Wildman–Crippen MR) is 82.0 cm³/mol. The summed E-state index contributed by atoms with van der Waals surface area (Å²) >= 11 is 1.25. The van der Waals surface area contributed by atoms with Gasteiger partial charge in [0, 0.05) is 4.90 Å². The van der Waals surface area contributed by atoms with Crippen LogP contribution in [0.4, 0.5) is 0 Å². The summed E-state index contributed by atoms with van der Waals surface area (Å²) in [6.07, 6.45) is 0.835. The Balaban J connectivity index is 2.80. The normalized spacial score (nSPS) is 15.1. The minimum absolute atomic E-state index is 0.0265. The van der Waals surface area contributed by atoms with Gasteiger partial charge in [0.05, 0.1) is 6.61 Å². The quantitative estimate of drug-likeness (QED) is 0.436. The van der Waals surface area contributed by atoms with Crippen molar-refractivity contribution >= 4 is 29.5 Å². The molecule has 9 heteroatoms. The molecule has 0 spiro atoms. The number of thioether (sulfide) groups is 1. The molecule has 0 aliphatic carbocycles. The monoisotopic (exact) mass is 354 g/mol. The van der Waals surface area contributed by atoms with Crippen LogP contribution in [0.15, 0.2) is 34.1 Å². The Labute approximate surface area is 129 Å². The molecule has 1 rings (SSSR count). The summed E-state index contributed by atoms with van der Waals surface area (Å²) in [5.74, 6) is 0.0549. The van der Waals surface area contributed by atoms with Gasteiger partial charge in [-0.15, -0.1) is 11.8 Å². The fourth-order valence-electron chi connectivity index (χ4n) is 1.33. The van der Waals surface area contributed by atoms with E-state index in [-0.39, 0.29) is 17.4 Å². The van der Waals surface area contributed by atoms with Crippen LogP contribution in [0.3, 0.4) is 0 Å². The molecule has 0 aliphatic heterocycles.